The van der Waals surface area contributed by atoms with Crippen molar-refractivity contribution in [3.05, 3.63) is 35.1 Å². The minimum absolute atomic E-state index is 0.509. The van der Waals surface area contributed by atoms with E-state index in [2.05, 4.69) is 0 Å². The molecule has 1 aromatic rings. The Morgan fingerprint density at radius 3 is 2.11 bits per heavy atom. The maximum absolute atomic E-state index is 13.6. The van der Waals surface area contributed by atoms with Gasteiger partial charge in [-0.3, -0.25) is 0 Å². The van der Waals surface area contributed by atoms with E-state index in [-0.39, 0.29) is 0 Å². The van der Waals surface area contributed by atoms with E-state index in [0.717, 1.165) is 12.1 Å². The Morgan fingerprint density at radius 2 is 1.63 bits per heavy atom. The van der Waals surface area contributed by atoms with Crippen molar-refractivity contribution in [3.8, 4) is 0 Å². The molecule has 0 fully saturated rings. The molecule has 8 heteroatoms. The molecule has 0 saturated heterocycles. The minimum Gasteiger partial charge on any atom is -0.324 e. The molecule has 1 unspecified atom stereocenters. The second kappa shape index (κ2) is 5.36. The second-order valence-corrected chi connectivity index (χ2v) is 3.97. The van der Waals surface area contributed by atoms with Crippen LogP contribution in [0.25, 0.3) is 0 Å². The standard InChI is InChI=1S/C11H10F7N/c12-9-6(8(19)4-5-10(13,14)15)2-1-3-7(9)11(16,17)18/h1-3,8H,4-5,19H2. The van der Waals surface area contributed by atoms with Crippen LogP contribution in [0.5, 0.6) is 0 Å². The molecule has 1 aromatic carbocycles. The predicted octanol–water partition coefficient (Wildman–Crippen LogP) is 4.19. The topological polar surface area (TPSA) is 26.0 Å². The van der Waals surface area contributed by atoms with E-state index in [1.807, 2.05) is 0 Å². The van der Waals surface area contributed by atoms with Crippen LogP contribution in [0.3, 0.4) is 0 Å². The maximum Gasteiger partial charge on any atom is 0.419 e. The van der Waals surface area contributed by atoms with E-state index in [9.17, 15) is 30.7 Å². The van der Waals surface area contributed by atoms with Gasteiger partial charge < -0.3 is 5.73 Å². The van der Waals surface area contributed by atoms with Crippen LogP contribution in [0, 0.1) is 5.82 Å². The lowest BCUT2D eigenvalue weighted by molar-refractivity contribution is -0.140. The highest BCUT2D eigenvalue weighted by molar-refractivity contribution is 5.30. The molecule has 1 rings (SSSR count). The first-order chi connectivity index (χ1) is 8.52. The lowest BCUT2D eigenvalue weighted by atomic mass is 9.99. The van der Waals surface area contributed by atoms with Gasteiger partial charge in [-0.2, -0.15) is 26.3 Å². The van der Waals surface area contributed by atoms with E-state index in [1.54, 1.807) is 0 Å². The molecule has 0 saturated carbocycles. The number of benzene rings is 1. The first-order valence-electron chi connectivity index (χ1n) is 5.20. The zero-order chi connectivity index (χ0) is 14.8. The van der Waals surface area contributed by atoms with E-state index >= 15 is 0 Å². The van der Waals surface area contributed by atoms with Crippen LogP contribution >= 0.6 is 0 Å². The first kappa shape index (κ1) is 15.7. The molecule has 0 heterocycles. The van der Waals surface area contributed by atoms with E-state index in [4.69, 9.17) is 5.73 Å². The largest absolute Gasteiger partial charge is 0.419 e. The average Bonchev–Trinajstić information content (AvgIpc) is 2.23. The zero-order valence-corrected chi connectivity index (χ0v) is 9.45. The van der Waals surface area contributed by atoms with Gasteiger partial charge in [-0.15, -0.1) is 0 Å². The first-order valence-corrected chi connectivity index (χ1v) is 5.20. The fraction of sp³-hybridized carbons (Fsp3) is 0.455. The van der Waals surface area contributed by atoms with Gasteiger partial charge in [0.2, 0.25) is 0 Å². The fourth-order valence-corrected chi connectivity index (χ4v) is 1.53. The number of nitrogens with two attached hydrogens (primary N) is 1. The summed E-state index contributed by atoms with van der Waals surface area (Å²) in [5, 5.41) is 0. The zero-order valence-electron chi connectivity index (χ0n) is 9.45. The molecule has 0 aromatic heterocycles. The number of hydrogen-bond acceptors (Lipinski definition) is 1. The van der Waals surface area contributed by atoms with Crippen LogP contribution in [0.1, 0.15) is 30.0 Å². The van der Waals surface area contributed by atoms with Crippen molar-refractivity contribution in [3.63, 3.8) is 0 Å². The molecule has 108 valence electrons. The fourth-order valence-electron chi connectivity index (χ4n) is 1.53. The lowest BCUT2D eigenvalue weighted by Gasteiger charge is -2.17. The lowest BCUT2D eigenvalue weighted by Crippen LogP contribution is -2.19. The molecule has 0 spiro atoms. The molecule has 0 radical (unpaired) electrons. The second-order valence-electron chi connectivity index (χ2n) is 3.97. The Labute approximate surface area is 104 Å². The number of rotatable bonds is 3. The van der Waals surface area contributed by atoms with E-state index < -0.39 is 48.2 Å². The van der Waals surface area contributed by atoms with Crippen LogP contribution in [0.2, 0.25) is 0 Å². The van der Waals surface area contributed by atoms with Gasteiger partial charge in [0.25, 0.3) is 0 Å². The summed E-state index contributed by atoms with van der Waals surface area (Å²) in [4.78, 5) is 0. The summed E-state index contributed by atoms with van der Waals surface area (Å²) in [6, 6.07) is 0.930. The van der Waals surface area contributed by atoms with Gasteiger partial charge in [0.1, 0.15) is 5.82 Å². The third-order valence-corrected chi connectivity index (χ3v) is 2.47. The van der Waals surface area contributed by atoms with Crippen molar-refractivity contribution in [2.75, 3.05) is 0 Å². The molecular weight excluding hydrogens is 279 g/mol. The van der Waals surface area contributed by atoms with Gasteiger partial charge in [0, 0.05) is 18.0 Å². The maximum atomic E-state index is 13.6. The summed E-state index contributed by atoms with van der Waals surface area (Å²) in [6.45, 7) is 0. The number of halogens is 7. The van der Waals surface area contributed by atoms with E-state index in [0.29, 0.717) is 6.07 Å². The molecule has 0 aliphatic carbocycles. The summed E-state index contributed by atoms with van der Waals surface area (Å²) < 4.78 is 86.7. The SMILES string of the molecule is NC(CCC(F)(F)F)c1cccc(C(F)(F)F)c1F. The van der Waals surface area contributed by atoms with Crippen LogP contribution in [0.4, 0.5) is 30.7 Å². The van der Waals surface area contributed by atoms with Crippen molar-refractivity contribution >= 4 is 0 Å². The van der Waals surface area contributed by atoms with Crippen molar-refractivity contribution in [1.82, 2.24) is 0 Å². The summed E-state index contributed by atoms with van der Waals surface area (Å²) in [7, 11) is 0. The molecule has 0 aliphatic rings. The molecule has 19 heavy (non-hydrogen) atoms. The number of hydrogen-bond donors (Lipinski definition) is 1. The van der Waals surface area contributed by atoms with Crippen LogP contribution in [-0.2, 0) is 6.18 Å². The molecule has 0 bridgehead atoms. The molecule has 2 N–H and O–H groups in total. The quantitative estimate of drug-likeness (QED) is 0.830. The Kier molecular flexibility index (Phi) is 4.44. The smallest absolute Gasteiger partial charge is 0.324 e. The third-order valence-electron chi connectivity index (χ3n) is 2.47. The van der Waals surface area contributed by atoms with Gasteiger partial charge in [-0.05, 0) is 12.5 Å². The van der Waals surface area contributed by atoms with E-state index in [1.165, 1.54) is 0 Å². The summed E-state index contributed by atoms with van der Waals surface area (Å²) in [6.07, 6.45) is -11.4. The third kappa shape index (κ3) is 4.38. The highest BCUT2D eigenvalue weighted by Crippen LogP contribution is 2.35. The van der Waals surface area contributed by atoms with Gasteiger partial charge in [0.15, 0.2) is 0 Å². The Morgan fingerprint density at radius 1 is 1.05 bits per heavy atom. The molecule has 1 nitrogen and oxygen atoms in total. The summed E-state index contributed by atoms with van der Waals surface area (Å²) >= 11 is 0. The van der Waals surface area contributed by atoms with Gasteiger partial charge in [-0.25, -0.2) is 4.39 Å². The average molecular weight is 289 g/mol. The normalized spacial score (nSPS) is 14.5. The summed E-state index contributed by atoms with van der Waals surface area (Å²) in [5.74, 6) is -1.62. The minimum atomic E-state index is -4.91. The van der Waals surface area contributed by atoms with Crippen LogP contribution < -0.4 is 5.73 Å². The molecule has 0 aliphatic heterocycles. The van der Waals surface area contributed by atoms with Crippen molar-refractivity contribution < 1.29 is 30.7 Å². The van der Waals surface area contributed by atoms with Gasteiger partial charge in [-0.1, -0.05) is 12.1 Å². The molecular formula is C11H10F7N. The van der Waals surface area contributed by atoms with Gasteiger partial charge >= 0.3 is 12.4 Å². The van der Waals surface area contributed by atoms with Gasteiger partial charge in [0.05, 0.1) is 5.56 Å². The number of alkyl halides is 6. The van der Waals surface area contributed by atoms with Crippen molar-refractivity contribution in [2.45, 2.75) is 31.2 Å². The highest BCUT2D eigenvalue weighted by Gasteiger charge is 2.36. The highest BCUT2D eigenvalue weighted by atomic mass is 19.4. The Bertz CT molecular complexity index is 436. The Balaban J connectivity index is 2.96. The van der Waals surface area contributed by atoms with Crippen molar-refractivity contribution in [2.24, 2.45) is 5.73 Å². The van der Waals surface area contributed by atoms with Crippen LogP contribution in [-0.4, -0.2) is 6.18 Å². The van der Waals surface area contributed by atoms with Crippen LogP contribution in [0.15, 0.2) is 18.2 Å². The Hall–Kier alpha value is -1.31. The molecule has 1 atom stereocenters. The molecule has 0 amide bonds. The summed E-state index contributed by atoms with van der Waals surface area (Å²) in [5.41, 5.74) is 3.20. The van der Waals surface area contributed by atoms with Crippen molar-refractivity contribution in [1.29, 1.82) is 0 Å². The predicted molar refractivity (Wildman–Crippen MR) is 53.6 cm³/mol. The monoisotopic (exact) mass is 289 g/mol.